The Kier molecular flexibility index (Phi) is 10.3. The number of hydrogen-bond donors (Lipinski definition) is 2. The van der Waals surface area contributed by atoms with Crippen molar-refractivity contribution >= 4 is 23.3 Å². The normalized spacial score (nSPS) is 14.2. The lowest BCUT2D eigenvalue weighted by Gasteiger charge is -2.35. The number of rotatable bonds is 11. The largest absolute Gasteiger partial charge is 0.354 e. The number of aryl methyl sites for hydroxylation is 1. The molecule has 45 heavy (non-hydrogen) atoms. The molecule has 1 aliphatic heterocycles. The standard InChI is InChI=1S/C36H43N7O2/c1-26-7-8-28(22-32(26)41-35-39-15-13-31(40-35)30-6-5-14-37-24-30)23-33(44)29-11-9-27(10-12-29)25-43-20-18-42(19-21-43)17-16-38-34(45)36(2,3)4/h5-15,22,24H,16-21,23,25H2,1-4H3,(H,38,45)(H,39,40,41). The molecule has 2 N–H and O–H groups in total. The van der Waals surface area contributed by atoms with Crippen LogP contribution in [-0.2, 0) is 17.8 Å². The van der Waals surface area contributed by atoms with Gasteiger partial charge in [-0.25, -0.2) is 9.97 Å². The fourth-order valence-electron chi connectivity index (χ4n) is 5.23. The van der Waals surface area contributed by atoms with Gasteiger partial charge >= 0.3 is 0 Å². The van der Waals surface area contributed by atoms with Crippen molar-refractivity contribution < 1.29 is 9.59 Å². The number of piperazine rings is 1. The number of nitrogens with one attached hydrogen (secondary N) is 2. The van der Waals surface area contributed by atoms with Gasteiger partial charge in [-0.1, -0.05) is 57.2 Å². The van der Waals surface area contributed by atoms with Crippen LogP contribution in [0.15, 0.2) is 79.3 Å². The first-order valence-corrected chi connectivity index (χ1v) is 15.6. The molecule has 0 unspecified atom stereocenters. The van der Waals surface area contributed by atoms with E-state index in [2.05, 4.69) is 47.5 Å². The lowest BCUT2D eigenvalue weighted by Crippen LogP contribution is -2.48. The van der Waals surface area contributed by atoms with E-state index < -0.39 is 0 Å². The molecule has 0 spiro atoms. The summed E-state index contributed by atoms with van der Waals surface area (Å²) in [7, 11) is 0. The molecule has 2 aromatic heterocycles. The van der Waals surface area contributed by atoms with Gasteiger partial charge in [-0.2, -0.15) is 0 Å². The van der Waals surface area contributed by atoms with Crippen molar-refractivity contribution in [2.75, 3.05) is 44.6 Å². The van der Waals surface area contributed by atoms with E-state index >= 15 is 0 Å². The summed E-state index contributed by atoms with van der Waals surface area (Å²) in [4.78, 5) is 43.3. The Labute approximate surface area is 266 Å². The highest BCUT2D eigenvalue weighted by molar-refractivity contribution is 5.97. The second kappa shape index (κ2) is 14.5. The lowest BCUT2D eigenvalue weighted by atomic mass is 9.96. The third-order valence-electron chi connectivity index (χ3n) is 8.07. The number of benzene rings is 2. The third-order valence-corrected chi connectivity index (χ3v) is 8.07. The van der Waals surface area contributed by atoms with Crippen molar-refractivity contribution in [3.63, 3.8) is 0 Å². The van der Waals surface area contributed by atoms with Crippen LogP contribution in [0.5, 0.6) is 0 Å². The van der Waals surface area contributed by atoms with Crippen LogP contribution in [-0.4, -0.2) is 75.7 Å². The van der Waals surface area contributed by atoms with Gasteiger partial charge in [-0.15, -0.1) is 0 Å². The van der Waals surface area contributed by atoms with Crippen molar-refractivity contribution in [1.29, 1.82) is 0 Å². The van der Waals surface area contributed by atoms with Crippen LogP contribution in [0.1, 0.15) is 47.8 Å². The SMILES string of the molecule is Cc1ccc(CC(=O)c2ccc(CN3CCN(CCNC(=O)C(C)(C)C)CC3)cc2)cc1Nc1nccc(-c2cccnc2)n1. The predicted octanol–water partition coefficient (Wildman–Crippen LogP) is 5.30. The minimum atomic E-state index is -0.356. The van der Waals surface area contributed by atoms with Crippen LogP contribution >= 0.6 is 0 Å². The molecule has 4 aromatic rings. The first-order chi connectivity index (χ1) is 21.6. The van der Waals surface area contributed by atoms with Gasteiger partial charge in [0.05, 0.1) is 5.69 Å². The highest BCUT2D eigenvalue weighted by atomic mass is 16.2. The summed E-state index contributed by atoms with van der Waals surface area (Å²) in [6.07, 6.45) is 5.54. The van der Waals surface area contributed by atoms with Gasteiger partial charge in [0, 0.05) is 93.1 Å². The minimum Gasteiger partial charge on any atom is -0.354 e. The van der Waals surface area contributed by atoms with E-state index in [1.807, 2.05) is 76.2 Å². The van der Waals surface area contributed by atoms with E-state index in [0.29, 0.717) is 24.5 Å². The molecule has 9 nitrogen and oxygen atoms in total. The number of Topliss-reactive ketones (excluding diaryl/α,β-unsaturated/α-hetero) is 1. The van der Waals surface area contributed by atoms with Crippen LogP contribution in [0.4, 0.5) is 11.6 Å². The van der Waals surface area contributed by atoms with Gasteiger partial charge in [-0.3, -0.25) is 24.4 Å². The molecule has 3 heterocycles. The molecule has 2 aromatic carbocycles. The van der Waals surface area contributed by atoms with Gasteiger partial charge in [0.15, 0.2) is 5.78 Å². The predicted molar refractivity (Wildman–Crippen MR) is 178 cm³/mol. The Morgan fingerprint density at radius 1 is 0.889 bits per heavy atom. The van der Waals surface area contributed by atoms with Crippen molar-refractivity contribution in [2.24, 2.45) is 5.41 Å². The van der Waals surface area contributed by atoms with Gasteiger partial charge in [0.2, 0.25) is 11.9 Å². The Bertz CT molecular complexity index is 1590. The fraction of sp³-hybridized carbons (Fsp3) is 0.361. The van der Waals surface area contributed by atoms with Crippen LogP contribution in [0.3, 0.4) is 0 Å². The summed E-state index contributed by atoms with van der Waals surface area (Å²) in [5.41, 5.74) is 6.10. The van der Waals surface area contributed by atoms with E-state index in [1.165, 1.54) is 5.56 Å². The van der Waals surface area contributed by atoms with Crippen molar-refractivity contribution in [1.82, 2.24) is 30.1 Å². The monoisotopic (exact) mass is 605 g/mol. The number of amides is 1. The molecule has 0 saturated carbocycles. The number of aromatic nitrogens is 3. The molecular formula is C36H43N7O2. The number of pyridine rings is 1. The van der Waals surface area contributed by atoms with E-state index in [-0.39, 0.29) is 17.1 Å². The molecule has 1 fully saturated rings. The molecule has 1 aliphatic rings. The zero-order chi connectivity index (χ0) is 31.8. The van der Waals surface area contributed by atoms with E-state index in [0.717, 1.165) is 67.3 Å². The molecule has 0 bridgehead atoms. The summed E-state index contributed by atoms with van der Waals surface area (Å²) >= 11 is 0. The summed E-state index contributed by atoms with van der Waals surface area (Å²) in [5, 5.41) is 6.37. The molecular weight excluding hydrogens is 562 g/mol. The van der Waals surface area contributed by atoms with E-state index in [4.69, 9.17) is 0 Å². The average molecular weight is 606 g/mol. The molecule has 0 atom stereocenters. The molecule has 234 valence electrons. The second-order valence-corrected chi connectivity index (χ2v) is 12.7. The number of ketones is 1. The van der Waals surface area contributed by atoms with E-state index in [1.54, 1.807) is 18.6 Å². The molecule has 1 saturated heterocycles. The number of hydrogen-bond acceptors (Lipinski definition) is 8. The smallest absolute Gasteiger partial charge is 0.227 e. The highest BCUT2D eigenvalue weighted by Crippen LogP contribution is 2.23. The maximum atomic E-state index is 13.2. The second-order valence-electron chi connectivity index (χ2n) is 12.7. The minimum absolute atomic E-state index is 0.0818. The number of nitrogens with zero attached hydrogens (tertiary/aromatic N) is 5. The Morgan fingerprint density at radius 3 is 2.33 bits per heavy atom. The average Bonchev–Trinajstić information content (AvgIpc) is 3.04. The fourth-order valence-corrected chi connectivity index (χ4v) is 5.23. The Morgan fingerprint density at radius 2 is 1.62 bits per heavy atom. The first-order valence-electron chi connectivity index (χ1n) is 15.6. The van der Waals surface area contributed by atoms with Gasteiger partial charge in [-0.05, 0) is 47.9 Å². The number of anilines is 2. The summed E-state index contributed by atoms with van der Waals surface area (Å²) in [5.74, 6) is 0.667. The van der Waals surface area contributed by atoms with Crippen molar-refractivity contribution in [3.05, 3.63) is 102 Å². The Hall–Kier alpha value is -4.47. The third kappa shape index (κ3) is 9.03. The van der Waals surface area contributed by atoms with Crippen LogP contribution < -0.4 is 10.6 Å². The highest BCUT2D eigenvalue weighted by Gasteiger charge is 2.22. The zero-order valence-electron chi connectivity index (χ0n) is 26.7. The zero-order valence-corrected chi connectivity index (χ0v) is 26.7. The maximum absolute atomic E-state index is 13.2. The number of carbonyl (C=O) groups excluding carboxylic acids is 2. The number of carbonyl (C=O) groups is 2. The van der Waals surface area contributed by atoms with Crippen LogP contribution in [0.25, 0.3) is 11.3 Å². The van der Waals surface area contributed by atoms with Crippen molar-refractivity contribution in [2.45, 2.75) is 40.7 Å². The van der Waals surface area contributed by atoms with Gasteiger partial charge in [0.25, 0.3) is 0 Å². The van der Waals surface area contributed by atoms with Crippen LogP contribution in [0, 0.1) is 12.3 Å². The molecule has 9 heteroatoms. The molecule has 5 rings (SSSR count). The molecule has 0 radical (unpaired) electrons. The summed E-state index contributed by atoms with van der Waals surface area (Å²) in [6, 6.07) is 19.7. The Balaban J connectivity index is 1.11. The first kappa shape index (κ1) is 31.9. The molecule has 1 amide bonds. The summed E-state index contributed by atoms with van der Waals surface area (Å²) < 4.78 is 0. The van der Waals surface area contributed by atoms with Gasteiger partial charge < -0.3 is 10.6 Å². The van der Waals surface area contributed by atoms with Crippen molar-refractivity contribution in [3.8, 4) is 11.3 Å². The quantitative estimate of drug-likeness (QED) is 0.222. The van der Waals surface area contributed by atoms with E-state index in [9.17, 15) is 9.59 Å². The lowest BCUT2D eigenvalue weighted by molar-refractivity contribution is -0.128. The van der Waals surface area contributed by atoms with Gasteiger partial charge in [0.1, 0.15) is 0 Å². The maximum Gasteiger partial charge on any atom is 0.227 e. The van der Waals surface area contributed by atoms with Crippen LogP contribution in [0.2, 0.25) is 0 Å². The molecule has 0 aliphatic carbocycles. The topological polar surface area (TPSA) is 103 Å². The summed E-state index contributed by atoms with van der Waals surface area (Å²) in [6.45, 7) is 14.2.